The van der Waals surface area contributed by atoms with Gasteiger partial charge in [-0.05, 0) is 24.6 Å². The highest BCUT2D eigenvalue weighted by Crippen LogP contribution is 2.34. The van der Waals surface area contributed by atoms with E-state index in [0.29, 0.717) is 17.0 Å². The van der Waals surface area contributed by atoms with Gasteiger partial charge in [0.05, 0.1) is 0 Å². The maximum absolute atomic E-state index is 14.0. The van der Waals surface area contributed by atoms with Gasteiger partial charge in [0.15, 0.2) is 0 Å². The average molecular weight is 328 g/mol. The standard InChI is InChI=1S/C15H21FN2O3S/c1-15(2,3)22-12-7-6-10(9-11(12)16)18-14(21)17-8-4-5-13(19)20/h6-7,9H,4-5,8H2,1-3H3,(H,19,20)(H2,17,18,21). The Morgan fingerprint density at radius 2 is 2.00 bits per heavy atom. The molecule has 0 heterocycles. The van der Waals surface area contributed by atoms with Crippen LogP contribution in [0.3, 0.4) is 0 Å². The van der Waals surface area contributed by atoms with Crippen LogP contribution in [-0.4, -0.2) is 28.4 Å². The molecule has 3 N–H and O–H groups in total. The lowest BCUT2D eigenvalue weighted by Gasteiger charge is -2.18. The minimum Gasteiger partial charge on any atom is -0.481 e. The van der Waals surface area contributed by atoms with Crippen LogP contribution in [-0.2, 0) is 4.79 Å². The first-order valence-corrected chi connectivity index (χ1v) is 7.74. The molecule has 22 heavy (non-hydrogen) atoms. The summed E-state index contributed by atoms with van der Waals surface area (Å²) in [5, 5.41) is 13.5. The topological polar surface area (TPSA) is 78.4 Å². The largest absolute Gasteiger partial charge is 0.481 e. The number of carboxylic acids is 1. The quantitative estimate of drug-likeness (QED) is 0.549. The second-order valence-electron chi connectivity index (χ2n) is 5.74. The predicted molar refractivity (Wildman–Crippen MR) is 85.9 cm³/mol. The number of urea groups is 1. The maximum atomic E-state index is 14.0. The monoisotopic (exact) mass is 328 g/mol. The number of amides is 2. The zero-order valence-corrected chi connectivity index (χ0v) is 13.7. The lowest BCUT2D eigenvalue weighted by atomic mass is 10.3. The third-order valence-corrected chi connectivity index (χ3v) is 3.62. The summed E-state index contributed by atoms with van der Waals surface area (Å²) in [6.07, 6.45) is 0.339. The van der Waals surface area contributed by atoms with Crippen LogP contribution in [0.5, 0.6) is 0 Å². The van der Waals surface area contributed by atoms with E-state index in [1.54, 1.807) is 12.1 Å². The maximum Gasteiger partial charge on any atom is 0.319 e. The van der Waals surface area contributed by atoms with E-state index in [2.05, 4.69) is 10.6 Å². The van der Waals surface area contributed by atoms with Crippen molar-refractivity contribution >= 4 is 29.4 Å². The van der Waals surface area contributed by atoms with Gasteiger partial charge in [0.2, 0.25) is 0 Å². The Balaban J connectivity index is 2.51. The summed E-state index contributed by atoms with van der Waals surface area (Å²) in [6, 6.07) is 4.05. The Kier molecular flexibility index (Phi) is 6.67. The van der Waals surface area contributed by atoms with E-state index < -0.39 is 12.0 Å². The molecule has 0 aromatic heterocycles. The Morgan fingerprint density at radius 3 is 2.55 bits per heavy atom. The number of carbonyl (C=O) groups excluding carboxylic acids is 1. The fourth-order valence-electron chi connectivity index (χ4n) is 1.61. The molecule has 0 aliphatic carbocycles. The zero-order chi connectivity index (χ0) is 16.8. The number of hydrogen-bond acceptors (Lipinski definition) is 3. The highest BCUT2D eigenvalue weighted by molar-refractivity contribution is 8.00. The van der Waals surface area contributed by atoms with E-state index in [9.17, 15) is 14.0 Å². The third-order valence-electron chi connectivity index (χ3n) is 2.46. The first-order chi connectivity index (χ1) is 10.2. The van der Waals surface area contributed by atoms with Crippen molar-refractivity contribution in [2.45, 2.75) is 43.3 Å². The number of carbonyl (C=O) groups is 2. The summed E-state index contributed by atoms with van der Waals surface area (Å²) < 4.78 is 13.9. The third kappa shape index (κ3) is 7.31. The Labute approximate surface area is 133 Å². The van der Waals surface area contributed by atoms with Gasteiger partial charge < -0.3 is 15.7 Å². The minimum absolute atomic E-state index is 0.00632. The van der Waals surface area contributed by atoms with Gasteiger partial charge in [0.1, 0.15) is 5.82 Å². The molecular weight excluding hydrogens is 307 g/mol. The number of nitrogens with one attached hydrogen (secondary N) is 2. The van der Waals surface area contributed by atoms with Crippen LogP contribution < -0.4 is 10.6 Å². The molecule has 0 aliphatic rings. The lowest BCUT2D eigenvalue weighted by Crippen LogP contribution is -2.29. The Morgan fingerprint density at radius 1 is 1.32 bits per heavy atom. The van der Waals surface area contributed by atoms with Gasteiger partial charge in [-0.15, -0.1) is 11.8 Å². The van der Waals surface area contributed by atoms with Gasteiger partial charge in [0.25, 0.3) is 0 Å². The molecule has 0 aliphatic heterocycles. The minimum atomic E-state index is -0.906. The molecule has 2 amide bonds. The van der Waals surface area contributed by atoms with Crippen molar-refractivity contribution in [1.29, 1.82) is 0 Å². The zero-order valence-electron chi connectivity index (χ0n) is 12.9. The molecular formula is C15H21FN2O3S. The van der Waals surface area contributed by atoms with E-state index in [1.165, 1.54) is 17.8 Å². The van der Waals surface area contributed by atoms with Crippen molar-refractivity contribution in [3.8, 4) is 0 Å². The molecule has 0 saturated heterocycles. The summed E-state index contributed by atoms with van der Waals surface area (Å²) in [6.45, 7) is 6.23. The fraction of sp³-hybridized carbons (Fsp3) is 0.467. The molecule has 0 spiro atoms. The first-order valence-electron chi connectivity index (χ1n) is 6.92. The van der Waals surface area contributed by atoms with Crippen LogP contribution in [0.4, 0.5) is 14.9 Å². The number of aliphatic carboxylic acids is 1. The summed E-state index contributed by atoms with van der Waals surface area (Å²) in [5.41, 5.74) is 0.353. The first kappa shape index (κ1) is 18.3. The Bertz CT molecular complexity index is 544. The predicted octanol–water partition coefficient (Wildman–Crippen LogP) is 3.70. The van der Waals surface area contributed by atoms with Crippen molar-refractivity contribution in [1.82, 2.24) is 5.32 Å². The van der Waals surface area contributed by atoms with Gasteiger partial charge in [-0.2, -0.15) is 0 Å². The van der Waals surface area contributed by atoms with Crippen molar-refractivity contribution in [2.24, 2.45) is 0 Å². The van der Waals surface area contributed by atoms with Crippen molar-refractivity contribution in [2.75, 3.05) is 11.9 Å². The van der Waals surface area contributed by atoms with Crippen LogP contribution in [0.1, 0.15) is 33.6 Å². The highest BCUT2D eigenvalue weighted by atomic mass is 32.2. The summed E-state index contributed by atoms with van der Waals surface area (Å²) in [5.74, 6) is -1.29. The second kappa shape index (κ2) is 8.03. The van der Waals surface area contributed by atoms with E-state index in [-0.39, 0.29) is 23.5 Å². The number of hydrogen-bond donors (Lipinski definition) is 3. The average Bonchev–Trinajstić information content (AvgIpc) is 2.36. The SMILES string of the molecule is CC(C)(C)Sc1ccc(NC(=O)NCCCC(=O)O)cc1F. The normalized spacial score (nSPS) is 11.1. The van der Waals surface area contributed by atoms with Crippen LogP contribution in [0.25, 0.3) is 0 Å². The number of anilines is 1. The van der Waals surface area contributed by atoms with Crippen molar-refractivity contribution in [3.05, 3.63) is 24.0 Å². The molecule has 0 radical (unpaired) electrons. The second-order valence-corrected chi connectivity index (χ2v) is 7.61. The van der Waals surface area contributed by atoms with Crippen LogP contribution >= 0.6 is 11.8 Å². The van der Waals surface area contributed by atoms with Crippen LogP contribution in [0, 0.1) is 5.82 Å². The Hall–Kier alpha value is -1.76. The molecule has 1 aromatic carbocycles. The van der Waals surface area contributed by atoms with Gasteiger partial charge in [-0.3, -0.25) is 4.79 Å². The number of rotatable bonds is 6. The summed E-state index contributed by atoms with van der Waals surface area (Å²) >= 11 is 1.42. The highest BCUT2D eigenvalue weighted by Gasteiger charge is 2.15. The van der Waals surface area contributed by atoms with E-state index in [1.807, 2.05) is 20.8 Å². The van der Waals surface area contributed by atoms with E-state index in [0.717, 1.165) is 0 Å². The summed E-state index contributed by atoms with van der Waals surface area (Å²) in [4.78, 5) is 22.4. The molecule has 0 atom stereocenters. The van der Waals surface area contributed by atoms with Crippen LogP contribution in [0.15, 0.2) is 23.1 Å². The number of thioether (sulfide) groups is 1. The van der Waals surface area contributed by atoms with Gasteiger partial charge in [-0.1, -0.05) is 20.8 Å². The van der Waals surface area contributed by atoms with E-state index >= 15 is 0 Å². The van der Waals surface area contributed by atoms with Crippen molar-refractivity contribution < 1.29 is 19.1 Å². The van der Waals surface area contributed by atoms with Gasteiger partial charge in [0, 0.05) is 28.3 Å². The number of carboxylic acid groups (broad SMARTS) is 1. The molecule has 0 unspecified atom stereocenters. The molecule has 1 rings (SSSR count). The number of halogens is 1. The van der Waals surface area contributed by atoms with Crippen molar-refractivity contribution in [3.63, 3.8) is 0 Å². The molecule has 1 aromatic rings. The van der Waals surface area contributed by atoms with Gasteiger partial charge >= 0.3 is 12.0 Å². The molecule has 122 valence electrons. The van der Waals surface area contributed by atoms with Crippen LogP contribution in [0.2, 0.25) is 0 Å². The van der Waals surface area contributed by atoms with E-state index in [4.69, 9.17) is 5.11 Å². The number of benzene rings is 1. The molecule has 0 bridgehead atoms. The fourth-order valence-corrected chi connectivity index (χ4v) is 2.56. The molecule has 7 heteroatoms. The summed E-state index contributed by atoms with van der Waals surface area (Å²) in [7, 11) is 0. The molecule has 0 fully saturated rings. The smallest absolute Gasteiger partial charge is 0.319 e. The molecule has 0 saturated carbocycles. The van der Waals surface area contributed by atoms with Gasteiger partial charge in [-0.25, -0.2) is 9.18 Å². The molecule has 5 nitrogen and oxygen atoms in total. The lowest BCUT2D eigenvalue weighted by molar-refractivity contribution is -0.137.